The first-order valence-corrected chi connectivity index (χ1v) is 7.61. The Kier molecular flexibility index (Phi) is 2.95. The number of pyridine rings is 1. The van der Waals surface area contributed by atoms with E-state index >= 15 is 4.39 Å². The Morgan fingerprint density at radius 2 is 2.00 bits per heavy atom. The van der Waals surface area contributed by atoms with E-state index in [1.54, 1.807) is 4.90 Å². The number of hydrogen-bond acceptors (Lipinski definition) is 6. The number of aromatic amines is 1. The molecule has 8 nitrogen and oxygen atoms in total. The van der Waals surface area contributed by atoms with Crippen LogP contribution in [0.4, 0.5) is 16.0 Å². The van der Waals surface area contributed by atoms with Gasteiger partial charge in [-0.3, -0.25) is 14.3 Å². The first kappa shape index (κ1) is 14.2. The average molecular weight is 320 g/mol. The van der Waals surface area contributed by atoms with Crippen molar-refractivity contribution in [2.45, 2.75) is 31.3 Å². The van der Waals surface area contributed by atoms with Crippen molar-refractivity contribution in [3.8, 4) is 0 Å². The maximum absolute atomic E-state index is 15.1. The summed E-state index contributed by atoms with van der Waals surface area (Å²) in [6.45, 7) is 1.03. The van der Waals surface area contributed by atoms with Gasteiger partial charge in [-0.15, -0.1) is 0 Å². The van der Waals surface area contributed by atoms with Crippen molar-refractivity contribution in [3.05, 3.63) is 26.7 Å². The molecule has 1 aliphatic carbocycles. The smallest absolute Gasteiger partial charge is 0.329 e. The lowest BCUT2D eigenvalue weighted by Crippen LogP contribution is -2.33. The van der Waals surface area contributed by atoms with Crippen LogP contribution in [0.1, 0.15) is 25.3 Å². The van der Waals surface area contributed by atoms with Gasteiger partial charge in [-0.25, -0.2) is 14.2 Å². The van der Waals surface area contributed by atoms with Gasteiger partial charge < -0.3 is 16.4 Å². The zero-order chi connectivity index (χ0) is 16.3. The van der Waals surface area contributed by atoms with Gasteiger partial charge in [0.1, 0.15) is 16.7 Å². The molecule has 1 saturated heterocycles. The zero-order valence-electron chi connectivity index (χ0n) is 12.4. The molecule has 1 aliphatic heterocycles. The monoisotopic (exact) mass is 320 g/mol. The van der Waals surface area contributed by atoms with Crippen LogP contribution >= 0.6 is 0 Å². The molecule has 1 unspecified atom stereocenters. The molecule has 9 heteroatoms. The van der Waals surface area contributed by atoms with Crippen molar-refractivity contribution in [3.63, 3.8) is 0 Å². The fourth-order valence-corrected chi connectivity index (χ4v) is 3.20. The fourth-order valence-electron chi connectivity index (χ4n) is 3.20. The molecule has 0 radical (unpaired) electrons. The second kappa shape index (κ2) is 4.79. The van der Waals surface area contributed by atoms with Crippen LogP contribution in [0.25, 0.3) is 10.9 Å². The van der Waals surface area contributed by atoms with Crippen molar-refractivity contribution in [1.29, 1.82) is 0 Å². The minimum atomic E-state index is -0.713. The van der Waals surface area contributed by atoms with Crippen LogP contribution in [0, 0.1) is 5.82 Å². The number of nitrogens with two attached hydrogens (primary N) is 2. The molecule has 2 fully saturated rings. The number of rotatable bonds is 2. The number of anilines is 2. The highest BCUT2D eigenvalue weighted by atomic mass is 19.1. The number of nitrogen functional groups attached to an aromatic ring is 1. The number of nitrogens with one attached hydrogen (secondary N) is 1. The molecular formula is C14H17FN6O2. The van der Waals surface area contributed by atoms with E-state index < -0.39 is 17.1 Å². The predicted molar refractivity (Wildman–Crippen MR) is 84.1 cm³/mol. The molecular weight excluding hydrogens is 303 g/mol. The van der Waals surface area contributed by atoms with Gasteiger partial charge in [0.25, 0.3) is 5.56 Å². The number of fused-ring (bicyclic) bond motifs is 1. The fraction of sp³-hybridized carbons (Fsp3) is 0.500. The molecule has 5 N–H and O–H groups in total. The highest BCUT2D eigenvalue weighted by molar-refractivity contribution is 5.90. The van der Waals surface area contributed by atoms with E-state index in [1.165, 1.54) is 4.57 Å². The van der Waals surface area contributed by atoms with Crippen molar-refractivity contribution in [1.82, 2.24) is 14.5 Å². The summed E-state index contributed by atoms with van der Waals surface area (Å²) in [5, 5.41) is -0.0683. The van der Waals surface area contributed by atoms with E-state index in [0.717, 1.165) is 19.3 Å². The summed E-state index contributed by atoms with van der Waals surface area (Å²) in [5.74, 6) is -0.701. The van der Waals surface area contributed by atoms with Crippen molar-refractivity contribution >= 4 is 22.5 Å². The van der Waals surface area contributed by atoms with Gasteiger partial charge in [-0.2, -0.15) is 0 Å². The lowest BCUT2D eigenvalue weighted by molar-refractivity contribution is 0.604. The van der Waals surface area contributed by atoms with Crippen LogP contribution in [-0.2, 0) is 0 Å². The molecule has 0 bridgehead atoms. The second-order valence-corrected chi connectivity index (χ2v) is 6.21. The molecule has 2 aliphatic rings. The summed E-state index contributed by atoms with van der Waals surface area (Å²) in [6.07, 6.45) is 2.27. The summed E-state index contributed by atoms with van der Waals surface area (Å²) in [7, 11) is 0. The number of aromatic nitrogens is 3. The van der Waals surface area contributed by atoms with Crippen molar-refractivity contribution in [2.24, 2.45) is 5.73 Å². The Morgan fingerprint density at radius 1 is 1.26 bits per heavy atom. The molecule has 0 amide bonds. The Bertz CT molecular complexity index is 916. The van der Waals surface area contributed by atoms with Gasteiger partial charge >= 0.3 is 5.69 Å². The maximum Gasteiger partial charge on any atom is 0.329 e. The van der Waals surface area contributed by atoms with Crippen LogP contribution in [0.3, 0.4) is 0 Å². The Morgan fingerprint density at radius 3 is 2.61 bits per heavy atom. The van der Waals surface area contributed by atoms with Crippen LogP contribution in [0.5, 0.6) is 0 Å². The molecule has 23 heavy (non-hydrogen) atoms. The lowest BCUT2D eigenvalue weighted by Gasteiger charge is -2.20. The minimum Gasteiger partial charge on any atom is -0.383 e. The van der Waals surface area contributed by atoms with Crippen LogP contribution in [0.2, 0.25) is 0 Å². The largest absolute Gasteiger partial charge is 0.383 e. The second-order valence-electron chi connectivity index (χ2n) is 6.21. The lowest BCUT2D eigenvalue weighted by atomic mass is 10.2. The Balaban J connectivity index is 2.05. The first-order chi connectivity index (χ1) is 11.0. The number of halogens is 1. The Labute approximate surface area is 129 Å². The van der Waals surface area contributed by atoms with Crippen molar-refractivity contribution in [2.75, 3.05) is 23.7 Å². The van der Waals surface area contributed by atoms with Crippen LogP contribution < -0.4 is 27.6 Å². The number of hydrogen-bond donors (Lipinski definition) is 3. The number of nitrogens with zero attached hydrogens (tertiary/aromatic N) is 3. The molecule has 122 valence electrons. The van der Waals surface area contributed by atoms with Gasteiger partial charge in [-0.1, -0.05) is 0 Å². The predicted octanol–water partition coefficient (Wildman–Crippen LogP) is -0.322. The van der Waals surface area contributed by atoms with Crippen molar-refractivity contribution < 1.29 is 4.39 Å². The SMILES string of the molecule is Nc1nc(N2CCC(N)C2)c(F)c2c1c(=O)[nH]c(=O)n2C1CC1. The molecule has 0 aromatic carbocycles. The average Bonchev–Trinajstić information content (AvgIpc) is 3.23. The van der Waals surface area contributed by atoms with Crippen LogP contribution in [-0.4, -0.2) is 33.7 Å². The van der Waals surface area contributed by atoms with Gasteiger partial charge in [0.15, 0.2) is 11.6 Å². The summed E-state index contributed by atoms with van der Waals surface area (Å²) >= 11 is 0. The standard InChI is InChI=1S/C14H17FN6O2/c15-9-10-8(13(22)19-14(23)21(10)7-1-2-7)11(17)18-12(9)20-4-3-6(16)5-20/h6-7H,1-5,16H2,(H2,17,18)(H,19,22,23). The van der Waals surface area contributed by atoms with E-state index in [4.69, 9.17) is 11.5 Å². The van der Waals surface area contributed by atoms with E-state index in [9.17, 15) is 9.59 Å². The summed E-state index contributed by atoms with van der Waals surface area (Å²) in [6, 6.07) is -0.162. The van der Waals surface area contributed by atoms with E-state index in [0.29, 0.717) is 13.1 Å². The molecule has 2 aromatic heterocycles. The zero-order valence-corrected chi connectivity index (χ0v) is 12.4. The quantitative estimate of drug-likeness (QED) is 0.697. The third-order valence-corrected chi connectivity index (χ3v) is 4.47. The number of H-pyrrole nitrogens is 1. The molecule has 4 rings (SSSR count). The highest BCUT2D eigenvalue weighted by Crippen LogP contribution is 2.37. The Hall–Kier alpha value is -2.42. The van der Waals surface area contributed by atoms with E-state index in [2.05, 4.69) is 9.97 Å². The maximum atomic E-state index is 15.1. The summed E-state index contributed by atoms with van der Waals surface area (Å²) in [4.78, 5) is 32.2. The molecule has 1 atom stereocenters. The minimum absolute atomic E-state index is 0.0516. The third kappa shape index (κ3) is 2.11. The highest BCUT2D eigenvalue weighted by Gasteiger charge is 2.32. The topological polar surface area (TPSA) is 123 Å². The van der Waals surface area contributed by atoms with Gasteiger partial charge in [0.2, 0.25) is 0 Å². The molecule has 2 aromatic rings. The van der Waals surface area contributed by atoms with Crippen LogP contribution in [0.15, 0.2) is 9.59 Å². The summed E-state index contributed by atoms with van der Waals surface area (Å²) < 4.78 is 16.4. The summed E-state index contributed by atoms with van der Waals surface area (Å²) in [5.41, 5.74) is 10.4. The molecule has 3 heterocycles. The normalized spacial score (nSPS) is 21.3. The first-order valence-electron chi connectivity index (χ1n) is 7.61. The van der Waals surface area contributed by atoms with Gasteiger partial charge in [0, 0.05) is 25.2 Å². The van der Waals surface area contributed by atoms with E-state index in [1.807, 2.05) is 0 Å². The van der Waals surface area contributed by atoms with Gasteiger partial charge in [0.05, 0.1) is 0 Å². The third-order valence-electron chi connectivity index (χ3n) is 4.47. The van der Waals surface area contributed by atoms with Gasteiger partial charge in [-0.05, 0) is 19.3 Å². The molecule has 0 spiro atoms. The molecule has 1 saturated carbocycles. The van der Waals surface area contributed by atoms with E-state index in [-0.39, 0.29) is 34.6 Å².